The zero-order valence-corrected chi connectivity index (χ0v) is 20.3. The summed E-state index contributed by atoms with van der Waals surface area (Å²) in [6.07, 6.45) is 0.471. The summed E-state index contributed by atoms with van der Waals surface area (Å²) in [6.45, 7) is 15.0. The molecule has 1 heterocycles. The largest absolute Gasteiger partial charge is 0.333 e. The van der Waals surface area contributed by atoms with Crippen molar-refractivity contribution in [3.05, 3.63) is 69.8 Å². The second kappa shape index (κ2) is 9.68. The summed E-state index contributed by atoms with van der Waals surface area (Å²) >= 11 is 0. The molecule has 0 saturated carbocycles. The molecule has 1 aromatic heterocycles. The van der Waals surface area contributed by atoms with Crippen molar-refractivity contribution < 1.29 is 4.79 Å². The average molecular weight is 434 g/mol. The van der Waals surface area contributed by atoms with Gasteiger partial charge in [0, 0.05) is 13.0 Å². The van der Waals surface area contributed by atoms with Gasteiger partial charge in [0.25, 0.3) is 5.56 Å². The molecule has 0 unspecified atom stereocenters. The van der Waals surface area contributed by atoms with E-state index in [1.165, 1.54) is 0 Å². The molecule has 0 fully saturated rings. The molecule has 1 atom stereocenters. The summed E-state index contributed by atoms with van der Waals surface area (Å²) in [5.41, 5.74) is 3.49. The van der Waals surface area contributed by atoms with E-state index in [-0.39, 0.29) is 23.4 Å². The molecule has 0 bridgehead atoms. The number of carbonyl (C=O) groups is 1. The van der Waals surface area contributed by atoms with Crippen LogP contribution in [0.2, 0.25) is 0 Å². The molecule has 0 radical (unpaired) electrons. The Morgan fingerprint density at radius 3 is 2.31 bits per heavy atom. The van der Waals surface area contributed by atoms with Gasteiger partial charge < -0.3 is 4.90 Å². The molecule has 5 nitrogen and oxygen atoms in total. The summed E-state index contributed by atoms with van der Waals surface area (Å²) in [7, 11) is 0. The second-order valence-corrected chi connectivity index (χ2v) is 9.63. The number of aryl methyl sites for hydroxylation is 2. The van der Waals surface area contributed by atoms with Crippen molar-refractivity contribution >= 4 is 16.8 Å². The van der Waals surface area contributed by atoms with E-state index in [2.05, 4.69) is 33.8 Å². The molecule has 2 aromatic carbocycles. The minimum absolute atomic E-state index is 0.0933. The molecule has 0 aliphatic heterocycles. The van der Waals surface area contributed by atoms with Gasteiger partial charge in [0.05, 0.1) is 22.6 Å². The fourth-order valence-electron chi connectivity index (χ4n) is 4.19. The van der Waals surface area contributed by atoms with Crippen molar-refractivity contribution in [2.45, 2.75) is 60.9 Å². The van der Waals surface area contributed by atoms with E-state index >= 15 is 0 Å². The van der Waals surface area contributed by atoms with E-state index in [9.17, 15) is 9.59 Å². The number of para-hydroxylation sites is 1. The standard InChI is InChI=1S/C27H35N3O2/c1-17(2)14-25(31)29(16-18(3)4)21(7)26-28-23-11-9-8-10-22(23)27(32)30(26)24-13-12-19(5)15-20(24)6/h8-13,15,17-18,21H,14,16H2,1-7H3/t21-/m1/s1. The molecular weight excluding hydrogens is 398 g/mol. The van der Waals surface area contributed by atoms with Crippen LogP contribution in [-0.4, -0.2) is 26.9 Å². The number of aromatic nitrogens is 2. The highest BCUT2D eigenvalue weighted by atomic mass is 16.2. The van der Waals surface area contributed by atoms with Crippen LogP contribution in [0.25, 0.3) is 16.6 Å². The highest BCUT2D eigenvalue weighted by Gasteiger charge is 2.28. The predicted octanol–water partition coefficient (Wildman–Crippen LogP) is 5.59. The Hall–Kier alpha value is -2.95. The molecule has 1 amide bonds. The van der Waals surface area contributed by atoms with Crippen molar-refractivity contribution in [2.75, 3.05) is 6.54 Å². The van der Waals surface area contributed by atoms with Crippen LogP contribution in [0.15, 0.2) is 47.3 Å². The zero-order valence-electron chi connectivity index (χ0n) is 20.3. The fraction of sp³-hybridized carbons (Fsp3) is 0.444. The van der Waals surface area contributed by atoms with E-state index in [4.69, 9.17) is 4.98 Å². The van der Waals surface area contributed by atoms with Gasteiger partial charge in [-0.2, -0.15) is 0 Å². The monoisotopic (exact) mass is 433 g/mol. The van der Waals surface area contributed by atoms with E-state index in [1.807, 2.05) is 62.1 Å². The van der Waals surface area contributed by atoms with Crippen LogP contribution in [0.3, 0.4) is 0 Å². The van der Waals surface area contributed by atoms with E-state index < -0.39 is 0 Å². The van der Waals surface area contributed by atoms with Gasteiger partial charge in [-0.05, 0) is 56.4 Å². The Bertz CT molecular complexity index is 1180. The quantitative estimate of drug-likeness (QED) is 0.488. The van der Waals surface area contributed by atoms with E-state index in [0.717, 1.165) is 16.8 Å². The van der Waals surface area contributed by atoms with Gasteiger partial charge >= 0.3 is 0 Å². The van der Waals surface area contributed by atoms with E-state index in [1.54, 1.807) is 4.57 Å². The van der Waals surface area contributed by atoms with Crippen LogP contribution in [0.1, 0.15) is 64.0 Å². The lowest BCUT2D eigenvalue weighted by Crippen LogP contribution is -2.40. The van der Waals surface area contributed by atoms with Gasteiger partial charge in [-0.3, -0.25) is 14.2 Å². The maximum atomic E-state index is 13.7. The molecule has 3 aromatic rings. The highest BCUT2D eigenvalue weighted by molar-refractivity contribution is 5.79. The van der Waals surface area contributed by atoms with Crippen molar-refractivity contribution in [3.63, 3.8) is 0 Å². The lowest BCUT2D eigenvalue weighted by Gasteiger charge is -2.32. The number of benzene rings is 2. The number of fused-ring (bicyclic) bond motifs is 1. The third kappa shape index (κ3) is 4.93. The molecule has 170 valence electrons. The number of nitrogens with zero attached hydrogens (tertiary/aromatic N) is 3. The maximum Gasteiger partial charge on any atom is 0.266 e. The average Bonchev–Trinajstić information content (AvgIpc) is 2.71. The Morgan fingerprint density at radius 2 is 1.69 bits per heavy atom. The molecule has 0 saturated heterocycles. The first-order valence-electron chi connectivity index (χ1n) is 11.5. The molecule has 0 spiro atoms. The topological polar surface area (TPSA) is 55.2 Å². The second-order valence-electron chi connectivity index (χ2n) is 9.63. The Labute approximate surface area is 191 Å². The van der Waals surface area contributed by atoms with Crippen molar-refractivity contribution in [1.82, 2.24) is 14.5 Å². The number of rotatable bonds is 7. The van der Waals surface area contributed by atoms with Crippen LogP contribution in [0, 0.1) is 25.7 Å². The first-order valence-corrected chi connectivity index (χ1v) is 11.5. The predicted molar refractivity (Wildman–Crippen MR) is 131 cm³/mol. The molecule has 3 rings (SSSR count). The molecular formula is C27H35N3O2. The summed E-state index contributed by atoms with van der Waals surface area (Å²) in [6, 6.07) is 13.1. The van der Waals surface area contributed by atoms with Gasteiger partial charge in [-0.15, -0.1) is 0 Å². The minimum atomic E-state index is -0.346. The van der Waals surface area contributed by atoms with E-state index in [0.29, 0.717) is 35.6 Å². The number of carbonyl (C=O) groups excluding carboxylic acids is 1. The molecule has 0 N–H and O–H groups in total. The van der Waals surface area contributed by atoms with Crippen molar-refractivity contribution in [2.24, 2.45) is 11.8 Å². The first kappa shape index (κ1) is 23.7. The zero-order chi connectivity index (χ0) is 23.6. The van der Waals surface area contributed by atoms with Gasteiger partial charge in [-0.25, -0.2) is 4.98 Å². The van der Waals surface area contributed by atoms with Gasteiger partial charge in [0.2, 0.25) is 5.91 Å². The summed E-state index contributed by atoms with van der Waals surface area (Å²) in [4.78, 5) is 33.8. The normalized spacial score (nSPS) is 12.5. The summed E-state index contributed by atoms with van der Waals surface area (Å²) in [5, 5.41) is 0.576. The molecule has 0 aliphatic carbocycles. The third-order valence-corrected chi connectivity index (χ3v) is 5.70. The summed E-state index contributed by atoms with van der Waals surface area (Å²) in [5.74, 6) is 1.25. The van der Waals surface area contributed by atoms with Gasteiger partial charge in [0.1, 0.15) is 5.82 Å². The lowest BCUT2D eigenvalue weighted by molar-refractivity contribution is -0.135. The molecule has 5 heteroatoms. The fourth-order valence-corrected chi connectivity index (χ4v) is 4.19. The third-order valence-electron chi connectivity index (χ3n) is 5.70. The van der Waals surface area contributed by atoms with Crippen LogP contribution < -0.4 is 5.56 Å². The minimum Gasteiger partial charge on any atom is -0.333 e. The van der Waals surface area contributed by atoms with Crippen LogP contribution in [-0.2, 0) is 4.79 Å². The van der Waals surface area contributed by atoms with Crippen molar-refractivity contribution in [1.29, 1.82) is 0 Å². The highest BCUT2D eigenvalue weighted by Crippen LogP contribution is 2.26. The molecule has 0 aliphatic rings. The Morgan fingerprint density at radius 1 is 1.00 bits per heavy atom. The smallest absolute Gasteiger partial charge is 0.266 e. The Balaban J connectivity index is 2.27. The van der Waals surface area contributed by atoms with Crippen molar-refractivity contribution in [3.8, 4) is 5.69 Å². The number of hydrogen-bond acceptors (Lipinski definition) is 3. The Kier molecular flexibility index (Phi) is 7.17. The van der Waals surface area contributed by atoms with Gasteiger partial charge in [-0.1, -0.05) is 57.5 Å². The van der Waals surface area contributed by atoms with Gasteiger partial charge in [0.15, 0.2) is 0 Å². The number of amides is 1. The SMILES string of the molecule is Cc1ccc(-n2c([C@@H](C)N(CC(C)C)C(=O)CC(C)C)nc3ccccc3c2=O)c(C)c1. The maximum absolute atomic E-state index is 13.7. The van der Waals surface area contributed by atoms with Crippen LogP contribution in [0.5, 0.6) is 0 Å². The first-order chi connectivity index (χ1) is 15.1. The van der Waals surface area contributed by atoms with Crippen LogP contribution in [0.4, 0.5) is 0 Å². The van der Waals surface area contributed by atoms with Crippen LogP contribution >= 0.6 is 0 Å². The number of hydrogen-bond donors (Lipinski definition) is 0. The summed E-state index contributed by atoms with van der Waals surface area (Å²) < 4.78 is 1.71. The molecule has 32 heavy (non-hydrogen) atoms. The lowest BCUT2D eigenvalue weighted by atomic mass is 10.1.